The van der Waals surface area contributed by atoms with Crippen molar-refractivity contribution in [1.82, 2.24) is 15.3 Å². The first-order chi connectivity index (χ1) is 7.16. The lowest BCUT2D eigenvalue weighted by atomic mass is 10.2. The Morgan fingerprint density at radius 1 is 1.47 bits per heavy atom. The van der Waals surface area contributed by atoms with Gasteiger partial charge >= 0.3 is 0 Å². The molecule has 15 heavy (non-hydrogen) atoms. The molecule has 1 unspecified atom stereocenters. The van der Waals surface area contributed by atoms with Gasteiger partial charge in [-0.25, -0.2) is 18.7 Å². The molecule has 1 aliphatic heterocycles. The quantitative estimate of drug-likeness (QED) is 0.818. The number of hydrogen-bond acceptors (Lipinski definition) is 3. The monoisotopic (exact) mass is 213 g/mol. The SMILES string of the molecule is Cc1cc(C(F)F)nc(C2CCCN2)n1. The summed E-state index contributed by atoms with van der Waals surface area (Å²) in [6.45, 7) is 2.62. The van der Waals surface area contributed by atoms with Crippen LogP contribution in [0.1, 0.15) is 42.5 Å². The van der Waals surface area contributed by atoms with Gasteiger partial charge in [-0.2, -0.15) is 0 Å². The average molecular weight is 213 g/mol. The highest BCUT2D eigenvalue weighted by Gasteiger charge is 2.21. The van der Waals surface area contributed by atoms with Crippen LogP contribution in [0.25, 0.3) is 0 Å². The number of aryl methyl sites for hydroxylation is 1. The van der Waals surface area contributed by atoms with E-state index in [-0.39, 0.29) is 11.7 Å². The van der Waals surface area contributed by atoms with Crippen LogP contribution in [0.2, 0.25) is 0 Å². The van der Waals surface area contributed by atoms with Crippen molar-refractivity contribution in [1.29, 1.82) is 0 Å². The predicted molar refractivity (Wildman–Crippen MR) is 51.7 cm³/mol. The van der Waals surface area contributed by atoms with Crippen LogP contribution < -0.4 is 5.32 Å². The molecule has 0 aromatic carbocycles. The van der Waals surface area contributed by atoms with E-state index in [0.717, 1.165) is 19.4 Å². The number of nitrogens with zero attached hydrogens (tertiary/aromatic N) is 2. The summed E-state index contributed by atoms with van der Waals surface area (Å²) in [7, 11) is 0. The summed E-state index contributed by atoms with van der Waals surface area (Å²) in [6.07, 6.45) is -0.551. The van der Waals surface area contributed by atoms with Gasteiger partial charge in [-0.15, -0.1) is 0 Å². The van der Waals surface area contributed by atoms with Gasteiger partial charge in [-0.05, 0) is 32.4 Å². The number of hydrogen-bond donors (Lipinski definition) is 1. The summed E-state index contributed by atoms with van der Waals surface area (Å²) < 4.78 is 25.0. The molecule has 0 bridgehead atoms. The molecule has 1 fully saturated rings. The third-order valence-electron chi connectivity index (χ3n) is 2.49. The summed E-state index contributed by atoms with van der Waals surface area (Å²) >= 11 is 0. The van der Waals surface area contributed by atoms with Gasteiger partial charge in [-0.1, -0.05) is 0 Å². The Balaban J connectivity index is 2.30. The first-order valence-corrected chi connectivity index (χ1v) is 5.04. The van der Waals surface area contributed by atoms with Gasteiger partial charge in [0, 0.05) is 5.69 Å². The maximum absolute atomic E-state index is 12.5. The van der Waals surface area contributed by atoms with Gasteiger partial charge in [0.2, 0.25) is 0 Å². The number of nitrogens with one attached hydrogen (secondary N) is 1. The number of halogens is 2. The van der Waals surface area contributed by atoms with Crippen LogP contribution in [0.4, 0.5) is 8.78 Å². The Labute approximate surface area is 86.9 Å². The summed E-state index contributed by atoms with van der Waals surface area (Å²) in [5, 5.41) is 3.20. The van der Waals surface area contributed by atoms with Gasteiger partial charge in [0.25, 0.3) is 6.43 Å². The molecule has 2 heterocycles. The molecule has 0 spiro atoms. The molecule has 1 aromatic heterocycles. The molecule has 0 amide bonds. The molecule has 1 saturated heterocycles. The van der Waals surface area contributed by atoms with Crippen LogP contribution in [0.5, 0.6) is 0 Å². The Bertz CT molecular complexity index is 349. The van der Waals surface area contributed by atoms with Crippen molar-refractivity contribution in [2.24, 2.45) is 0 Å². The first kappa shape index (κ1) is 10.4. The normalized spacial score (nSPS) is 21.2. The second kappa shape index (κ2) is 4.18. The van der Waals surface area contributed by atoms with Crippen LogP contribution in [0.3, 0.4) is 0 Å². The van der Waals surface area contributed by atoms with Crippen molar-refractivity contribution in [2.75, 3.05) is 6.54 Å². The van der Waals surface area contributed by atoms with Gasteiger partial charge in [0.05, 0.1) is 6.04 Å². The fourth-order valence-electron chi connectivity index (χ4n) is 1.79. The second-order valence-electron chi connectivity index (χ2n) is 3.74. The number of aromatic nitrogens is 2. The Hall–Kier alpha value is -1.10. The van der Waals surface area contributed by atoms with E-state index >= 15 is 0 Å². The Kier molecular flexibility index (Phi) is 2.90. The maximum Gasteiger partial charge on any atom is 0.280 e. The third-order valence-corrected chi connectivity index (χ3v) is 2.49. The highest BCUT2D eigenvalue weighted by atomic mass is 19.3. The minimum Gasteiger partial charge on any atom is -0.307 e. The lowest BCUT2D eigenvalue weighted by Gasteiger charge is -2.10. The van der Waals surface area contributed by atoms with Crippen molar-refractivity contribution in [2.45, 2.75) is 32.2 Å². The van der Waals surface area contributed by atoms with Crippen LogP contribution >= 0.6 is 0 Å². The van der Waals surface area contributed by atoms with E-state index in [1.807, 2.05) is 0 Å². The molecule has 0 saturated carbocycles. The zero-order valence-electron chi connectivity index (χ0n) is 8.50. The first-order valence-electron chi connectivity index (χ1n) is 5.04. The molecule has 1 aliphatic rings. The van der Waals surface area contributed by atoms with Crippen LogP contribution in [-0.4, -0.2) is 16.5 Å². The van der Waals surface area contributed by atoms with Crippen molar-refractivity contribution in [3.8, 4) is 0 Å². The lowest BCUT2D eigenvalue weighted by molar-refractivity contribution is 0.145. The van der Waals surface area contributed by atoms with Crippen LogP contribution in [-0.2, 0) is 0 Å². The minimum absolute atomic E-state index is 0.0439. The van der Waals surface area contributed by atoms with Gasteiger partial charge in [0.15, 0.2) is 0 Å². The molecule has 5 heteroatoms. The smallest absolute Gasteiger partial charge is 0.280 e. The Morgan fingerprint density at radius 2 is 2.27 bits per heavy atom. The average Bonchev–Trinajstić information content (AvgIpc) is 2.69. The number of alkyl halides is 2. The topological polar surface area (TPSA) is 37.8 Å². The highest BCUT2D eigenvalue weighted by Crippen LogP contribution is 2.23. The molecular formula is C10H13F2N3. The standard InChI is InChI=1S/C10H13F2N3/c1-6-5-8(9(11)12)15-10(14-6)7-3-2-4-13-7/h5,7,9,13H,2-4H2,1H3. The maximum atomic E-state index is 12.5. The minimum atomic E-state index is -2.52. The van der Waals surface area contributed by atoms with E-state index in [9.17, 15) is 8.78 Å². The molecule has 1 aromatic rings. The summed E-state index contributed by atoms with van der Waals surface area (Å²) in [5.41, 5.74) is 0.426. The molecule has 3 nitrogen and oxygen atoms in total. The van der Waals surface area contributed by atoms with Crippen molar-refractivity contribution in [3.63, 3.8) is 0 Å². The molecule has 82 valence electrons. The van der Waals surface area contributed by atoms with Crippen LogP contribution in [0.15, 0.2) is 6.07 Å². The van der Waals surface area contributed by atoms with Gasteiger partial charge in [-0.3, -0.25) is 0 Å². The highest BCUT2D eigenvalue weighted by molar-refractivity contribution is 5.13. The van der Waals surface area contributed by atoms with Crippen LogP contribution in [0, 0.1) is 6.92 Å². The Morgan fingerprint density at radius 3 is 2.87 bits per heavy atom. The van der Waals surface area contributed by atoms with Gasteiger partial charge < -0.3 is 5.32 Å². The summed E-state index contributed by atoms with van der Waals surface area (Å²) in [5.74, 6) is 0.503. The van der Waals surface area contributed by atoms with E-state index in [4.69, 9.17) is 0 Å². The van der Waals surface area contributed by atoms with E-state index in [2.05, 4.69) is 15.3 Å². The molecule has 1 N–H and O–H groups in total. The zero-order chi connectivity index (χ0) is 10.8. The molecule has 2 rings (SSSR count). The van der Waals surface area contributed by atoms with Crippen molar-refractivity contribution in [3.05, 3.63) is 23.3 Å². The second-order valence-corrected chi connectivity index (χ2v) is 3.74. The number of rotatable bonds is 2. The fraction of sp³-hybridized carbons (Fsp3) is 0.600. The molecular weight excluding hydrogens is 200 g/mol. The fourth-order valence-corrected chi connectivity index (χ4v) is 1.79. The zero-order valence-corrected chi connectivity index (χ0v) is 8.50. The molecule has 0 radical (unpaired) electrons. The molecule has 0 aliphatic carbocycles. The largest absolute Gasteiger partial charge is 0.307 e. The third kappa shape index (κ3) is 2.28. The lowest BCUT2D eigenvalue weighted by Crippen LogP contribution is -2.17. The van der Waals surface area contributed by atoms with E-state index in [0.29, 0.717) is 11.5 Å². The van der Waals surface area contributed by atoms with Crippen molar-refractivity contribution >= 4 is 0 Å². The van der Waals surface area contributed by atoms with Crippen molar-refractivity contribution < 1.29 is 8.78 Å². The van der Waals surface area contributed by atoms with E-state index < -0.39 is 6.43 Å². The summed E-state index contributed by atoms with van der Waals surface area (Å²) in [4.78, 5) is 8.08. The predicted octanol–water partition coefficient (Wildman–Crippen LogP) is 2.15. The van der Waals surface area contributed by atoms with E-state index in [1.165, 1.54) is 6.07 Å². The van der Waals surface area contributed by atoms with Gasteiger partial charge in [0.1, 0.15) is 11.5 Å². The van der Waals surface area contributed by atoms with E-state index in [1.54, 1.807) is 6.92 Å². The summed E-state index contributed by atoms with van der Waals surface area (Å²) in [6, 6.07) is 1.38. The molecule has 1 atom stereocenters.